The third-order valence-corrected chi connectivity index (χ3v) is 9.17. The van der Waals surface area contributed by atoms with Crippen LogP contribution in [0.4, 0.5) is 0 Å². The number of nitrogens with two attached hydrogens (primary N) is 1. The Bertz CT molecular complexity index is 803. The molecule has 30 heavy (non-hydrogen) atoms. The van der Waals surface area contributed by atoms with Gasteiger partial charge in [0.2, 0.25) is 0 Å². The summed E-state index contributed by atoms with van der Waals surface area (Å²) in [6.07, 6.45) is 6.65. The lowest BCUT2D eigenvalue weighted by Gasteiger charge is -2.51. The molecule has 0 unspecified atom stereocenters. The number of aliphatic hydroxyl groups is 1. The van der Waals surface area contributed by atoms with Gasteiger partial charge >= 0.3 is 5.97 Å². The lowest BCUT2D eigenvalue weighted by molar-refractivity contribution is -0.170. The first-order valence-electron chi connectivity index (χ1n) is 11.0. The fourth-order valence-electron chi connectivity index (χ4n) is 7.65. The number of ketones is 1. The minimum atomic E-state index is -1.07. The van der Waals surface area contributed by atoms with Crippen LogP contribution in [0, 0.1) is 34.5 Å². The lowest BCUT2D eigenvalue weighted by atomic mass is 9.55. The molecule has 0 aliphatic heterocycles. The van der Waals surface area contributed by atoms with Gasteiger partial charge < -0.3 is 15.6 Å². The summed E-state index contributed by atoms with van der Waals surface area (Å²) in [5.41, 5.74) is 6.46. The van der Waals surface area contributed by atoms with Crippen molar-refractivity contribution in [3.63, 3.8) is 0 Å². The summed E-state index contributed by atoms with van der Waals surface area (Å²) < 4.78 is 5.52. The maximum atomic E-state index is 12.8. The summed E-state index contributed by atoms with van der Waals surface area (Å²) in [6, 6.07) is 0. The zero-order valence-electron chi connectivity index (χ0n) is 18.0. The van der Waals surface area contributed by atoms with Crippen molar-refractivity contribution in [2.24, 2.45) is 45.3 Å². The summed E-state index contributed by atoms with van der Waals surface area (Å²) in [5.74, 6) is 0.445. The maximum Gasteiger partial charge on any atom is 0.302 e. The molecule has 4 fully saturated rings. The van der Waals surface area contributed by atoms with E-state index in [9.17, 15) is 14.7 Å². The number of carbonyl (C=O) groups is 2. The molecule has 0 spiro atoms. The van der Waals surface area contributed by atoms with Crippen LogP contribution in [0.5, 0.6) is 0 Å². The van der Waals surface area contributed by atoms with E-state index >= 15 is 0 Å². The minimum absolute atomic E-state index is 0.0708. The molecule has 0 saturated heterocycles. The normalized spacial score (nSPS) is 47.5. The monoisotopic (exact) mass is 435 g/mol. The zero-order valence-corrected chi connectivity index (χ0v) is 18.8. The molecule has 0 aromatic carbocycles. The van der Waals surface area contributed by atoms with Gasteiger partial charge in [0.05, 0.1) is 5.60 Å². The Morgan fingerprint density at radius 2 is 2.03 bits per heavy atom. The largest absolute Gasteiger partial charge is 0.462 e. The quantitative estimate of drug-likeness (QED) is 0.270. The van der Waals surface area contributed by atoms with Crippen molar-refractivity contribution in [3.05, 3.63) is 0 Å². The van der Waals surface area contributed by atoms with E-state index in [4.69, 9.17) is 22.7 Å². The van der Waals surface area contributed by atoms with Crippen molar-refractivity contribution >= 4 is 35.3 Å². The van der Waals surface area contributed by atoms with Gasteiger partial charge in [-0.25, -0.2) is 0 Å². The third-order valence-electron chi connectivity index (χ3n) is 9.08. The minimum Gasteiger partial charge on any atom is -0.462 e. The molecule has 0 aromatic heterocycles. The number of rotatable bonds is 3. The molecule has 8 heteroatoms. The number of esters is 1. The predicted molar refractivity (Wildman–Crippen MR) is 116 cm³/mol. The smallest absolute Gasteiger partial charge is 0.302 e. The SMILES string of the molecule is CC(=O)O[C@H]1CC[C@]2(C)[C@H]3CC[C@]4(C)C(=O)CC[C@H]4[C@@H]3[C@@H](/C=N/NC(N)=S)[C@]2(O)C1. The number of carbonyl (C=O) groups excluding carboxylic acids is 2. The molecule has 4 N–H and O–H groups in total. The van der Waals surface area contributed by atoms with Crippen molar-refractivity contribution in [2.75, 3.05) is 0 Å². The molecule has 0 bridgehead atoms. The van der Waals surface area contributed by atoms with Gasteiger partial charge in [0, 0.05) is 42.7 Å². The Hall–Kier alpha value is -1.54. The molecular formula is C22H33N3O4S. The summed E-state index contributed by atoms with van der Waals surface area (Å²) >= 11 is 4.88. The summed E-state index contributed by atoms with van der Waals surface area (Å²) in [4.78, 5) is 24.4. The van der Waals surface area contributed by atoms with Gasteiger partial charge in [-0.05, 0) is 62.1 Å². The molecule has 7 nitrogen and oxygen atoms in total. The second-order valence-electron chi connectivity index (χ2n) is 10.3. The lowest BCUT2D eigenvalue weighted by Crippen LogP contribution is -2.55. The number of hydrogen-bond acceptors (Lipinski definition) is 6. The Morgan fingerprint density at radius 3 is 2.70 bits per heavy atom. The van der Waals surface area contributed by atoms with Gasteiger partial charge in [0.15, 0.2) is 5.11 Å². The number of thiocarbonyl (C=S) groups is 1. The van der Waals surface area contributed by atoms with Gasteiger partial charge in [0.1, 0.15) is 11.9 Å². The van der Waals surface area contributed by atoms with Crippen molar-refractivity contribution in [1.82, 2.24) is 5.43 Å². The topological polar surface area (TPSA) is 114 Å². The molecule has 4 saturated carbocycles. The van der Waals surface area contributed by atoms with E-state index in [1.165, 1.54) is 6.92 Å². The van der Waals surface area contributed by atoms with Crippen LogP contribution < -0.4 is 11.2 Å². The summed E-state index contributed by atoms with van der Waals surface area (Å²) in [6.45, 7) is 5.70. The van der Waals surface area contributed by atoms with Gasteiger partial charge in [0.25, 0.3) is 0 Å². The molecule has 0 radical (unpaired) electrons. The Kier molecular flexibility index (Phi) is 5.25. The number of ether oxygens (including phenoxy) is 1. The van der Waals surface area contributed by atoms with E-state index in [-0.39, 0.29) is 45.8 Å². The van der Waals surface area contributed by atoms with E-state index in [2.05, 4.69) is 24.4 Å². The van der Waals surface area contributed by atoms with E-state index in [1.54, 1.807) is 6.21 Å². The predicted octanol–water partition coefficient (Wildman–Crippen LogP) is 2.30. The summed E-state index contributed by atoms with van der Waals surface area (Å²) in [7, 11) is 0. The number of Topliss-reactive ketones (excluding diaryl/α,β-unsaturated/α-hetero) is 1. The second kappa shape index (κ2) is 7.26. The molecule has 8 atom stereocenters. The van der Waals surface area contributed by atoms with E-state index in [0.717, 1.165) is 32.1 Å². The van der Waals surface area contributed by atoms with Crippen LogP contribution in [0.15, 0.2) is 5.10 Å². The van der Waals surface area contributed by atoms with E-state index < -0.39 is 5.60 Å². The number of nitrogens with zero attached hydrogens (tertiary/aromatic N) is 1. The maximum absolute atomic E-state index is 12.8. The number of hydrogen-bond donors (Lipinski definition) is 3. The summed E-state index contributed by atoms with van der Waals surface area (Å²) in [5, 5.41) is 16.6. The van der Waals surface area contributed by atoms with Crippen LogP contribution in [0.3, 0.4) is 0 Å². The molecule has 0 amide bonds. The van der Waals surface area contributed by atoms with Crippen LogP contribution in [-0.4, -0.2) is 39.9 Å². The van der Waals surface area contributed by atoms with E-state index in [1.807, 2.05) is 0 Å². The molecule has 166 valence electrons. The highest BCUT2D eigenvalue weighted by molar-refractivity contribution is 7.80. The molecule has 4 rings (SSSR count). The Balaban J connectivity index is 1.75. The third kappa shape index (κ3) is 3.01. The van der Waals surface area contributed by atoms with Crippen LogP contribution in [0.25, 0.3) is 0 Å². The Morgan fingerprint density at radius 1 is 1.30 bits per heavy atom. The fraction of sp³-hybridized carbons (Fsp3) is 0.818. The first kappa shape index (κ1) is 21.7. The van der Waals surface area contributed by atoms with Crippen LogP contribution in [0.2, 0.25) is 0 Å². The molecule has 0 aromatic rings. The highest BCUT2D eigenvalue weighted by Crippen LogP contribution is 2.71. The second-order valence-corrected chi connectivity index (χ2v) is 10.7. The number of nitrogens with one attached hydrogen (secondary N) is 1. The van der Waals surface area contributed by atoms with Crippen LogP contribution in [0.1, 0.15) is 65.7 Å². The van der Waals surface area contributed by atoms with Crippen molar-refractivity contribution in [1.29, 1.82) is 0 Å². The van der Waals surface area contributed by atoms with Crippen molar-refractivity contribution in [3.8, 4) is 0 Å². The number of hydrazone groups is 1. The Labute approximate surface area is 183 Å². The average molecular weight is 436 g/mol. The van der Waals surface area contributed by atoms with Gasteiger partial charge in [-0.2, -0.15) is 5.10 Å². The zero-order chi connectivity index (χ0) is 21.9. The molecule has 4 aliphatic rings. The number of fused-ring (bicyclic) bond motifs is 5. The highest BCUT2D eigenvalue weighted by atomic mass is 32.1. The molecule has 0 heterocycles. The standard InChI is InChI=1S/C22H33N3O4S/c1-12(26)29-13-6-9-21(3)15-7-8-20(2)14(4-5-17(20)27)18(15)16(22(21,28)10-13)11-24-25-19(23)30/h11,13-16,18,28H,4-10H2,1-3H3,(H3,23,25,30)/b24-11+/t13-,14-,15-,16+,18-,20-,21+,22+/m0/s1. The van der Waals surface area contributed by atoms with Crippen molar-refractivity contribution in [2.45, 2.75) is 77.4 Å². The first-order valence-corrected chi connectivity index (χ1v) is 11.5. The molecule has 4 aliphatic carbocycles. The van der Waals surface area contributed by atoms with Gasteiger partial charge in [-0.3, -0.25) is 15.0 Å². The first-order chi connectivity index (χ1) is 14.0. The van der Waals surface area contributed by atoms with E-state index in [0.29, 0.717) is 24.5 Å². The van der Waals surface area contributed by atoms with Crippen LogP contribution in [-0.2, 0) is 14.3 Å². The fourth-order valence-corrected chi connectivity index (χ4v) is 7.70. The van der Waals surface area contributed by atoms with Gasteiger partial charge in [-0.15, -0.1) is 0 Å². The van der Waals surface area contributed by atoms with Crippen LogP contribution >= 0.6 is 12.2 Å². The highest BCUT2D eigenvalue weighted by Gasteiger charge is 2.72. The molecular weight excluding hydrogens is 402 g/mol. The average Bonchev–Trinajstić information content (AvgIpc) is 3.05. The van der Waals surface area contributed by atoms with Crippen molar-refractivity contribution < 1.29 is 19.4 Å². The van der Waals surface area contributed by atoms with Gasteiger partial charge in [-0.1, -0.05) is 13.8 Å².